The summed E-state index contributed by atoms with van der Waals surface area (Å²) < 4.78 is 32.1. The van der Waals surface area contributed by atoms with Crippen LogP contribution in [0.15, 0.2) is 58.1 Å². The fourth-order valence-corrected chi connectivity index (χ4v) is 4.30. The molecular formula is C19H23N3O4S. The lowest BCUT2D eigenvalue weighted by Crippen LogP contribution is -2.48. The molecule has 3 rings (SSSR count). The Morgan fingerprint density at radius 1 is 1.15 bits per heavy atom. The van der Waals surface area contributed by atoms with Gasteiger partial charge in [-0.1, -0.05) is 6.92 Å². The van der Waals surface area contributed by atoms with Crippen LogP contribution in [0.1, 0.15) is 12.7 Å². The van der Waals surface area contributed by atoms with Crippen LogP contribution in [-0.4, -0.2) is 56.3 Å². The van der Waals surface area contributed by atoms with Crippen molar-refractivity contribution in [2.24, 2.45) is 0 Å². The second kappa shape index (κ2) is 8.51. The number of rotatable bonds is 6. The third-order valence-electron chi connectivity index (χ3n) is 4.48. The van der Waals surface area contributed by atoms with Crippen LogP contribution >= 0.6 is 0 Å². The van der Waals surface area contributed by atoms with Crippen molar-refractivity contribution in [3.8, 4) is 0 Å². The van der Waals surface area contributed by atoms with Crippen molar-refractivity contribution in [3.05, 3.63) is 54.5 Å². The van der Waals surface area contributed by atoms with E-state index in [2.05, 4.69) is 17.1 Å². The Hall–Kier alpha value is -2.42. The smallest absolute Gasteiger partial charge is 0.248 e. The normalized spacial score (nSPS) is 16.6. The molecule has 1 aliphatic heterocycles. The van der Waals surface area contributed by atoms with Gasteiger partial charge in [-0.05, 0) is 49.0 Å². The van der Waals surface area contributed by atoms with Crippen LogP contribution in [0.4, 0.5) is 5.69 Å². The van der Waals surface area contributed by atoms with Gasteiger partial charge in [0.25, 0.3) is 0 Å². The topological polar surface area (TPSA) is 82.9 Å². The summed E-state index contributed by atoms with van der Waals surface area (Å²) >= 11 is 0. The number of carbonyl (C=O) groups is 1. The molecule has 0 saturated carbocycles. The number of furan rings is 1. The highest BCUT2D eigenvalue weighted by atomic mass is 32.2. The van der Waals surface area contributed by atoms with E-state index in [0.29, 0.717) is 24.5 Å². The van der Waals surface area contributed by atoms with Gasteiger partial charge in [-0.3, -0.25) is 4.79 Å². The van der Waals surface area contributed by atoms with Crippen LogP contribution in [0.2, 0.25) is 0 Å². The first-order chi connectivity index (χ1) is 13.0. The summed E-state index contributed by atoms with van der Waals surface area (Å²) in [5, 5.41) is 2.69. The number of benzene rings is 1. The summed E-state index contributed by atoms with van der Waals surface area (Å²) in [6, 6.07) is 9.70. The molecule has 2 aromatic rings. The largest absolute Gasteiger partial charge is 0.465 e. The molecule has 27 heavy (non-hydrogen) atoms. The maximum atomic E-state index is 12.7. The van der Waals surface area contributed by atoms with Crippen molar-refractivity contribution >= 4 is 27.7 Å². The highest BCUT2D eigenvalue weighted by Gasteiger charge is 2.27. The van der Waals surface area contributed by atoms with Crippen LogP contribution in [0.3, 0.4) is 0 Å². The zero-order valence-electron chi connectivity index (χ0n) is 15.2. The molecule has 144 valence electrons. The van der Waals surface area contributed by atoms with Crippen LogP contribution in [0.5, 0.6) is 0 Å². The zero-order chi connectivity index (χ0) is 19.3. The van der Waals surface area contributed by atoms with Gasteiger partial charge in [0.05, 0.1) is 11.2 Å². The first-order valence-electron chi connectivity index (χ1n) is 8.84. The van der Waals surface area contributed by atoms with Gasteiger partial charge < -0.3 is 14.6 Å². The summed E-state index contributed by atoms with van der Waals surface area (Å²) in [4.78, 5) is 14.4. The number of hydrogen-bond donors (Lipinski definition) is 1. The van der Waals surface area contributed by atoms with E-state index in [1.807, 2.05) is 0 Å². The highest BCUT2D eigenvalue weighted by molar-refractivity contribution is 7.89. The van der Waals surface area contributed by atoms with Crippen molar-refractivity contribution in [2.75, 3.05) is 38.0 Å². The summed E-state index contributed by atoms with van der Waals surface area (Å²) in [5.41, 5.74) is 0.527. The van der Waals surface area contributed by atoms with Gasteiger partial charge in [-0.2, -0.15) is 4.31 Å². The van der Waals surface area contributed by atoms with E-state index in [1.165, 1.54) is 28.8 Å². The minimum Gasteiger partial charge on any atom is -0.465 e. The van der Waals surface area contributed by atoms with Crippen molar-refractivity contribution in [1.82, 2.24) is 9.21 Å². The maximum Gasteiger partial charge on any atom is 0.248 e. The predicted molar refractivity (Wildman–Crippen MR) is 104 cm³/mol. The van der Waals surface area contributed by atoms with E-state index in [1.54, 1.807) is 30.3 Å². The minimum absolute atomic E-state index is 0.233. The summed E-state index contributed by atoms with van der Waals surface area (Å²) in [7, 11) is -3.51. The molecule has 0 radical (unpaired) electrons. The molecule has 8 heteroatoms. The Bertz CT molecular complexity index is 882. The number of anilines is 1. The Labute approximate surface area is 159 Å². The first kappa shape index (κ1) is 19.3. The molecule has 0 atom stereocenters. The van der Waals surface area contributed by atoms with E-state index in [-0.39, 0.29) is 10.8 Å². The van der Waals surface area contributed by atoms with E-state index < -0.39 is 10.0 Å². The molecule has 1 fully saturated rings. The van der Waals surface area contributed by atoms with Gasteiger partial charge in [-0.25, -0.2) is 8.42 Å². The van der Waals surface area contributed by atoms with Crippen molar-refractivity contribution in [2.45, 2.75) is 11.8 Å². The number of likely N-dealkylation sites (N-methyl/N-ethyl adjacent to an activating group) is 1. The second-order valence-electron chi connectivity index (χ2n) is 6.20. The van der Waals surface area contributed by atoms with E-state index in [4.69, 9.17) is 4.42 Å². The molecule has 1 aromatic carbocycles. The average molecular weight is 389 g/mol. The molecule has 1 aromatic heterocycles. The van der Waals surface area contributed by atoms with Gasteiger partial charge in [0.2, 0.25) is 15.9 Å². The Kier molecular flexibility index (Phi) is 6.10. The van der Waals surface area contributed by atoms with Crippen LogP contribution < -0.4 is 5.32 Å². The number of hydrogen-bond acceptors (Lipinski definition) is 5. The summed E-state index contributed by atoms with van der Waals surface area (Å²) in [6.45, 7) is 5.47. The van der Waals surface area contributed by atoms with Gasteiger partial charge in [0.15, 0.2) is 0 Å². The fourth-order valence-electron chi connectivity index (χ4n) is 2.87. The second-order valence-corrected chi connectivity index (χ2v) is 8.14. The van der Waals surface area contributed by atoms with E-state index in [0.717, 1.165) is 19.6 Å². The molecule has 7 nitrogen and oxygen atoms in total. The first-order valence-corrected chi connectivity index (χ1v) is 10.3. The van der Waals surface area contributed by atoms with Gasteiger partial charge >= 0.3 is 0 Å². The quantitative estimate of drug-likeness (QED) is 0.767. The number of carbonyl (C=O) groups excluding carboxylic acids is 1. The fraction of sp³-hybridized carbons (Fsp3) is 0.316. The highest BCUT2D eigenvalue weighted by Crippen LogP contribution is 2.20. The molecule has 2 heterocycles. The number of piperazine rings is 1. The van der Waals surface area contributed by atoms with E-state index in [9.17, 15) is 13.2 Å². The molecule has 1 N–H and O–H groups in total. The molecule has 1 saturated heterocycles. The zero-order valence-corrected chi connectivity index (χ0v) is 16.0. The van der Waals surface area contributed by atoms with Gasteiger partial charge in [0, 0.05) is 37.9 Å². The monoisotopic (exact) mass is 389 g/mol. The molecule has 1 aliphatic rings. The average Bonchev–Trinajstić information content (AvgIpc) is 3.20. The number of nitrogens with zero attached hydrogens (tertiary/aromatic N) is 2. The Morgan fingerprint density at radius 2 is 1.85 bits per heavy atom. The summed E-state index contributed by atoms with van der Waals surface area (Å²) in [5.74, 6) is 0.257. The molecule has 0 aliphatic carbocycles. The Balaban J connectivity index is 1.61. The lowest BCUT2D eigenvalue weighted by Gasteiger charge is -2.33. The molecule has 0 bridgehead atoms. The number of sulfonamides is 1. The van der Waals surface area contributed by atoms with Gasteiger partial charge in [0.1, 0.15) is 5.76 Å². The van der Waals surface area contributed by atoms with Crippen molar-refractivity contribution in [3.63, 3.8) is 0 Å². The lowest BCUT2D eigenvalue weighted by atomic mass is 10.3. The predicted octanol–water partition coefficient (Wildman–Crippen LogP) is 2.26. The third kappa shape index (κ3) is 4.85. The number of amides is 1. The van der Waals surface area contributed by atoms with Gasteiger partial charge in [-0.15, -0.1) is 0 Å². The van der Waals surface area contributed by atoms with Crippen molar-refractivity contribution in [1.29, 1.82) is 0 Å². The minimum atomic E-state index is -3.51. The van der Waals surface area contributed by atoms with Crippen molar-refractivity contribution < 1.29 is 17.6 Å². The molecule has 0 unspecified atom stereocenters. The summed E-state index contributed by atoms with van der Waals surface area (Å²) in [6.07, 6.45) is 4.44. The van der Waals surface area contributed by atoms with E-state index >= 15 is 0 Å². The van der Waals surface area contributed by atoms with Crippen LogP contribution in [0.25, 0.3) is 6.08 Å². The standard InChI is InChI=1S/C19H23N3O4S/c1-2-21-11-13-22(14-12-21)27(24,25)18-8-5-16(6-9-18)20-19(23)10-7-17-4-3-15-26-17/h3-10,15H,2,11-14H2,1H3,(H,20,23)/b10-7+. The molecular weight excluding hydrogens is 366 g/mol. The Morgan fingerprint density at radius 3 is 2.44 bits per heavy atom. The molecule has 1 amide bonds. The number of nitrogens with one attached hydrogen (secondary N) is 1. The van der Waals surface area contributed by atoms with Crippen LogP contribution in [0, 0.1) is 0 Å². The van der Waals surface area contributed by atoms with Crippen LogP contribution in [-0.2, 0) is 14.8 Å². The third-order valence-corrected chi connectivity index (χ3v) is 6.39. The lowest BCUT2D eigenvalue weighted by molar-refractivity contribution is -0.111. The maximum absolute atomic E-state index is 12.7. The SMILES string of the molecule is CCN1CCN(S(=O)(=O)c2ccc(NC(=O)/C=C/c3ccco3)cc2)CC1. The molecule has 0 spiro atoms.